The lowest BCUT2D eigenvalue weighted by molar-refractivity contribution is 0.336. The summed E-state index contributed by atoms with van der Waals surface area (Å²) in [4.78, 5) is 0. The summed E-state index contributed by atoms with van der Waals surface area (Å²) < 4.78 is 6.14. The van der Waals surface area contributed by atoms with Crippen molar-refractivity contribution in [3.63, 3.8) is 0 Å². The van der Waals surface area contributed by atoms with E-state index in [2.05, 4.69) is 18.3 Å². The van der Waals surface area contributed by atoms with Crippen molar-refractivity contribution in [3.8, 4) is 0 Å². The van der Waals surface area contributed by atoms with Crippen LogP contribution in [0.25, 0.3) is 11.0 Å². The third-order valence-corrected chi connectivity index (χ3v) is 4.91. The maximum atomic E-state index is 6.14. The van der Waals surface area contributed by atoms with Gasteiger partial charge in [0.05, 0.1) is 0 Å². The van der Waals surface area contributed by atoms with Crippen LogP contribution in [0.5, 0.6) is 0 Å². The zero-order valence-electron chi connectivity index (χ0n) is 12.7. The molecule has 0 bridgehead atoms. The van der Waals surface area contributed by atoms with E-state index in [9.17, 15) is 0 Å². The Labute approximate surface area is 131 Å². The van der Waals surface area contributed by atoms with Gasteiger partial charge in [0.15, 0.2) is 0 Å². The van der Waals surface area contributed by atoms with E-state index in [1.807, 2.05) is 18.2 Å². The van der Waals surface area contributed by atoms with Gasteiger partial charge in [-0.15, -0.1) is 0 Å². The first-order valence-electron chi connectivity index (χ1n) is 8.17. The van der Waals surface area contributed by atoms with E-state index < -0.39 is 0 Å². The Kier molecular flexibility index (Phi) is 4.87. The molecule has 114 valence electrons. The third-order valence-electron chi connectivity index (χ3n) is 4.68. The van der Waals surface area contributed by atoms with E-state index in [4.69, 9.17) is 16.0 Å². The van der Waals surface area contributed by atoms with Crippen LogP contribution in [0.15, 0.2) is 28.7 Å². The van der Waals surface area contributed by atoms with E-state index in [0.717, 1.165) is 34.8 Å². The van der Waals surface area contributed by atoms with Crippen molar-refractivity contribution in [2.45, 2.75) is 44.9 Å². The Morgan fingerprint density at radius 3 is 2.90 bits per heavy atom. The predicted octanol–water partition coefficient (Wildman–Crippen LogP) is 5.36. The van der Waals surface area contributed by atoms with E-state index in [-0.39, 0.29) is 0 Å². The van der Waals surface area contributed by atoms with E-state index in [0.29, 0.717) is 11.8 Å². The van der Waals surface area contributed by atoms with Gasteiger partial charge in [0, 0.05) is 16.3 Å². The average Bonchev–Trinajstić information content (AvgIpc) is 2.75. The number of hydrogen-bond donors (Lipinski definition) is 1. The van der Waals surface area contributed by atoms with E-state index in [1.54, 1.807) is 0 Å². The van der Waals surface area contributed by atoms with Gasteiger partial charge in [0.1, 0.15) is 11.3 Å². The Morgan fingerprint density at radius 2 is 2.05 bits per heavy atom. The van der Waals surface area contributed by atoms with Crippen molar-refractivity contribution in [1.29, 1.82) is 0 Å². The van der Waals surface area contributed by atoms with Crippen molar-refractivity contribution in [3.05, 3.63) is 35.0 Å². The molecule has 21 heavy (non-hydrogen) atoms. The number of nitrogens with one attached hydrogen (secondary N) is 1. The van der Waals surface area contributed by atoms with Crippen molar-refractivity contribution < 1.29 is 4.42 Å². The lowest BCUT2D eigenvalue weighted by atomic mass is 9.86. The lowest BCUT2D eigenvalue weighted by Crippen LogP contribution is -2.26. The summed E-state index contributed by atoms with van der Waals surface area (Å²) in [6, 6.07) is 8.09. The van der Waals surface area contributed by atoms with Gasteiger partial charge >= 0.3 is 0 Å². The molecule has 2 unspecified atom stereocenters. The first-order valence-corrected chi connectivity index (χ1v) is 8.55. The summed E-state index contributed by atoms with van der Waals surface area (Å²) in [7, 11) is 0. The third kappa shape index (κ3) is 3.44. The van der Waals surface area contributed by atoms with Gasteiger partial charge in [-0.2, -0.15) is 0 Å². The summed E-state index contributed by atoms with van der Waals surface area (Å²) in [5.74, 6) is 2.37. The zero-order chi connectivity index (χ0) is 14.7. The zero-order valence-corrected chi connectivity index (χ0v) is 13.5. The van der Waals surface area contributed by atoms with Crippen LogP contribution in [-0.2, 0) is 0 Å². The molecule has 1 aliphatic rings. The van der Waals surface area contributed by atoms with Crippen LogP contribution in [0.3, 0.4) is 0 Å². The number of rotatable bonds is 4. The van der Waals surface area contributed by atoms with Gasteiger partial charge < -0.3 is 9.73 Å². The van der Waals surface area contributed by atoms with Gasteiger partial charge in [-0.1, -0.05) is 37.8 Å². The van der Waals surface area contributed by atoms with Gasteiger partial charge in [-0.25, -0.2) is 0 Å². The second-order valence-electron chi connectivity index (χ2n) is 6.14. The summed E-state index contributed by atoms with van der Waals surface area (Å²) >= 11 is 6.09. The van der Waals surface area contributed by atoms with Gasteiger partial charge in [0.2, 0.25) is 0 Å². The second-order valence-corrected chi connectivity index (χ2v) is 6.58. The minimum atomic E-state index is 0.540. The second kappa shape index (κ2) is 6.85. The highest BCUT2D eigenvalue weighted by Crippen LogP contribution is 2.38. The number of fused-ring (bicyclic) bond motifs is 1. The van der Waals surface area contributed by atoms with Gasteiger partial charge in [-0.05, 0) is 56.1 Å². The molecule has 0 spiro atoms. The van der Waals surface area contributed by atoms with Crippen molar-refractivity contribution in [2.75, 3.05) is 13.1 Å². The van der Waals surface area contributed by atoms with Gasteiger partial charge in [-0.3, -0.25) is 0 Å². The Hall–Kier alpha value is -0.990. The SMILES string of the molecule is CCNCC1CCCCCC1c1cc2cc(Cl)ccc2o1. The van der Waals surface area contributed by atoms with Crippen LogP contribution in [0.2, 0.25) is 5.02 Å². The van der Waals surface area contributed by atoms with E-state index >= 15 is 0 Å². The van der Waals surface area contributed by atoms with E-state index in [1.165, 1.54) is 32.1 Å². The smallest absolute Gasteiger partial charge is 0.134 e. The molecule has 0 aliphatic heterocycles. The fraction of sp³-hybridized carbons (Fsp3) is 0.556. The number of benzene rings is 1. The summed E-state index contributed by atoms with van der Waals surface area (Å²) in [6.45, 7) is 4.31. The molecule has 0 radical (unpaired) electrons. The quantitative estimate of drug-likeness (QED) is 0.769. The molecule has 0 amide bonds. The largest absolute Gasteiger partial charge is 0.461 e. The maximum Gasteiger partial charge on any atom is 0.134 e. The number of hydrogen-bond acceptors (Lipinski definition) is 2. The minimum Gasteiger partial charge on any atom is -0.461 e. The fourth-order valence-corrected chi connectivity index (χ4v) is 3.73. The maximum absolute atomic E-state index is 6.14. The summed E-state index contributed by atoms with van der Waals surface area (Å²) in [5.41, 5.74) is 0.959. The number of furan rings is 1. The molecule has 2 atom stereocenters. The Morgan fingerprint density at radius 1 is 1.19 bits per heavy atom. The Bertz CT molecular complexity index is 592. The monoisotopic (exact) mass is 305 g/mol. The normalized spacial score (nSPS) is 23.3. The van der Waals surface area contributed by atoms with Crippen LogP contribution >= 0.6 is 11.6 Å². The first kappa shape index (κ1) is 14.9. The summed E-state index contributed by atoms with van der Waals surface area (Å²) in [6.07, 6.45) is 6.55. The van der Waals surface area contributed by atoms with Crippen LogP contribution in [0.1, 0.15) is 50.7 Å². The predicted molar refractivity (Wildman–Crippen MR) is 89.1 cm³/mol. The molecule has 1 aliphatic carbocycles. The van der Waals surface area contributed by atoms with Crippen molar-refractivity contribution in [2.24, 2.45) is 5.92 Å². The first-order chi connectivity index (χ1) is 10.3. The van der Waals surface area contributed by atoms with Gasteiger partial charge in [0.25, 0.3) is 0 Å². The van der Waals surface area contributed by atoms with Crippen molar-refractivity contribution >= 4 is 22.6 Å². The molecule has 1 aromatic carbocycles. The molecular formula is C18H24ClNO. The fourth-order valence-electron chi connectivity index (χ4n) is 3.55. The summed E-state index contributed by atoms with van der Waals surface area (Å²) in [5, 5.41) is 5.43. The molecule has 0 saturated heterocycles. The minimum absolute atomic E-state index is 0.540. The molecule has 1 heterocycles. The Balaban J connectivity index is 1.88. The molecule has 3 rings (SSSR count). The highest BCUT2D eigenvalue weighted by Gasteiger charge is 2.27. The molecule has 1 saturated carbocycles. The van der Waals surface area contributed by atoms with Crippen molar-refractivity contribution in [1.82, 2.24) is 5.32 Å². The molecule has 2 aromatic rings. The molecule has 1 aromatic heterocycles. The topological polar surface area (TPSA) is 25.2 Å². The molecule has 2 nitrogen and oxygen atoms in total. The van der Waals surface area contributed by atoms with Crippen LogP contribution in [-0.4, -0.2) is 13.1 Å². The highest BCUT2D eigenvalue weighted by atomic mass is 35.5. The standard InChI is InChI=1S/C18H24ClNO/c1-2-20-12-13-6-4-3-5-7-16(13)18-11-14-10-15(19)8-9-17(14)21-18/h8-11,13,16,20H,2-7,12H2,1H3. The molecule has 1 N–H and O–H groups in total. The molecular weight excluding hydrogens is 282 g/mol. The van der Waals surface area contributed by atoms with Crippen LogP contribution in [0, 0.1) is 5.92 Å². The molecule has 3 heteroatoms. The van der Waals surface area contributed by atoms with Crippen LogP contribution < -0.4 is 5.32 Å². The lowest BCUT2D eigenvalue weighted by Gasteiger charge is -2.23. The average molecular weight is 306 g/mol. The molecule has 1 fully saturated rings. The number of halogens is 1. The van der Waals surface area contributed by atoms with Crippen LogP contribution in [0.4, 0.5) is 0 Å². The highest BCUT2D eigenvalue weighted by molar-refractivity contribution is 6.31.